The van der Waals surface area contributed by atoms with Gasteiger partial charge in [0.25, 0.3) is 0 Å². The van der Waals surface area contributed by atoms with Gasteiger partial charge in [0, 0.05) is 17.3 Å². The minimum atomic E-state index is 0.594. The van der Waals surface area contributed by atoms with E-state index in [4.69, 9.17) is 11.6 Å². The van der Waals surface area contributed by atoms with Gasteiger partial charge in [-0.2, -0.15) is 0 Å². The number of allylic oxidation sites excluding steroid dienone is 1. The predicted molar refractivity (Wildman–Crippen MR) is 46.7 cm³/mol. The Bertz CT molecular complexity index is 120. The third-order valence-corrected chi connectivity index (χ3v) is 3.89. The summed E-state index contributed by atoms with van der Waals surface area (Å²) < 4.78 is 0. The molecule has 1 nitrogen and oxygen atoms in total. The number of hydrogen-bond acceptors (Lipinski definition) is 1. The molecule has 1 N–H and O–H groups in total. The summed E-state index contributed by atoms with van der Waals surface area (Å²) in [6, 6.07) is 0. The minimum Gasteiger partial charge on any atom is -0.379 e. The summed E-state index contributed by atoms with van der Waals surface area (Å²) in [5.74, 6) is 0.594. The van der Waals surface area contributed by atoms with Gasteiger partial charge in [0.1, 0.15) is 0 Å². The third kappa shape index (κ3) is 2.91. The minimum absolute atomic E-state index is 0.594. The molecule has 0 aromatic heterocycles. The van der Waals surface area contributed by atoms with Gasteiger partial charge < -0.3 is 5.32 Å². The number of rotatable bonds is 2. The first-order chi connectivity index (χ1) is 4.09. The second-order valence-electron chi connectivity index (χ2n) is 2.40. The van der Waals surface area contributed by atoms with Crippen LogP contribution in [0, 0.1) is 5.92 Å². The molecule has 0 unspecified atom stereocenters. The van der Waals surface area contributed by atoms with Gasteiger partial charge in [-0.15, -0.1) is 0 Å². The number of nitrogens with one attached hydrogen (secondary N) is 1. The Labute approximate surface area is 64.9 Å². The second-order valence-corrected chi connectivity index (χ2v) is 3.86. The molecular weight excluding hydrogens is 150 g/mol. The lowest BCUT2D eigenvalue weighted by molar-refractivity contribution is 0.797. The van der Waals surface area contributed by atoms with Crippen LogP contribution in [0.4, 0.5) is 0 Å². The zero-order valence-corrected chi connectivity index (χ0v) is 9.21. The van der Waals surface area contributed by atoms with Crippen molar-refractivity contribution in [3.8, 4) is 0 Å². The van der Waals surface area contributed by atoms with Gasteiger partial charge >= 0.3 is 0 Å². The molecule has 0 amide bonds. The van der Waals surface area contributed by atoms with E-state index in [9.17, 15) is 0 Å². The van der Waals surface area contributed by atoms with Crippen LogP contribution in [-0.2, 0) is 0 Å². The fourth-order valence-corrected chi connectivity index (χ4v) is 0.919. The zero-order valence-electron chi connectivity index (χ0n) is 6.46. The van der Waals surface area contributed by atoms with Crippen molar-refractivity contribution in [1.29, 1.82) is 0 Å². The van der Waals surface area contributed by atoms with Gasteiger partial charge in [-0.05, 0) is 5.92 Å². The summed E-state index contributed by atoms with van der Waals surface area (Å²) in [7, 11) is 2.90. The van der Waals surface area contributed by atoms with Crippen LogP contribution in [0.25, 0.3) is 0 Å². The summed E-state index contributed by atoms with van der Waals surface area (Å²) in [5.41, 5.74) is 0. The molecule has 0 aliphatic heterocycles. The van der Waals surface area contributed by atoms with Crippen LogP contribution in [0.5, 0.6) is 0 Å². The summed E-state index contributed by atoms with van der Waals surface area (Å²) in [5, 5.41) is 5.10. The molecule has 3 heteroatoms. The molecule has 0 aromatic carbocycles. The van der Waals surface area contributed by atoms with E-state index in [1.807, 2.05) is 7.05 Å². The highest BCUT2D eigenvalue weighted by Crippen LogP contribution is 2.10. The van der Waals surface area contributed by atoms with Crippen molar-refractivity contribution in [3.05, 3.63) is 10.4 Å². The van der Waals surface area contributed by atoms with E-state index in [1.165, 1.54) is 5.20 Å². The van der Waals surface area contributed by atoms with Crippen molar-refractivity contribution in [1.82, 2.24) is 5.32 Å². The Kier molecular flexibility index (Phi) is 3.98. The first-order valence-electron chi connectivity index (χ1n) is 3.13. The highest BCUT2D eigenvalue weighted by Gasteiger charge is 1.99. The van der Waals surface area contributed by atoms with E-state index in [0.29, 0.717) is 5.92 Å². The summed E-state index contributed by atoms with van der Waals surface area (Å²) in [6.45, 7) is 4.31. The lowest BCUT2D eigenvalue weighted by Gasteiger charge is -2.07. The Morgan fingerprint density at radius 2 is 2.00 bits per heavy atom. The fraction of sp³-hybridized carbons (Fsp3) is 0.667. The average molecular weight is 164 g/mol. The SMILES string of the molecule is CNC(Cl)=C([SiH3])C(C)C. The molecule has 0 rings (SSSR count). The Hall–Kier alpha value is 0.0469. The summed E-state index contributed by atoms with van der Waals surface area (Å²) in [6.07, 6.45) is 0. The zero-order chi connectivity index (χ0) is 7.44. The highest BCUT2D eigenvalue weighted by atomic mass is 35.5. The van der Waals surface area contributed by atoms with Crippen LogP contribution in [0.2, 0.25) is 0 Å². The Morgan fingerprint density at radius 3 is 2.11 bits per heavy atom. The van der Waals surface area contributed by atoms with Crippen LogP contribution in [0.1, 0.15) is 13.8 Å². The molecular formula is C6H14ClNSi. The molecule has 0 aromatic rings. The van der Waals surface area contributed by atoms with Crippen LogP contribution in [0.15, 0.2) is 10.4 Å². The van der Waals surface area contributed by atoms with E-state index in [2.05, 4.69) is 19.2 Å². The molecule has 0 fully saturated rings. The molecule has 0 atom stereocenters. The first-order valence-corrected chi connectivity index (χ1v) is 4.51. The number of halogens is 1. The average Bonchev–Trinajstić information content (AvgIpc) is 1.84. The lowest BCUT2D eigenvalue weighted by Crippen LogP contribution is -2.07. The molecule has 0 saturated heterocycles. The monoisotopic (exact) mass is 163 g/mol. The molecule has 0 bridgehead atoms. The first kappa shape index (κ1) is 9.05. The normalized spacial score (nSPS) is 13.9. The Morgan fingerprint density at radius 1 is 1.56 bits per heavy atom. The smallest absolute Gasteiger partial charge is 0.0960 e. The molecule has 0 heterocycles. The van der Waals surface area contributed by atoms with E-state index in [0.717, 1.165) is 15.4 Å². The molecule has 0 saturated carbocycles. The van der Waals surface area contributed by atoms with Gasteiger partial charge in [-0.3, -0.25) is 0 Å². The molecule has 9 heavy (non-hydrogen) atoms. The van der Waals surface area contributed by atoms with Crippen molar-refractivity contribution in [3.63, 3.8) is 0 Å². The third-order valence-electron chi connectivity index (χ3n) is 1.43. The van der Waals surface area contributed by atoms with Gasteiger partial charge in [0.05, 0.1) is 5.16 Å². The van der Waals surface area contributed by atoms with E-state index in [1.54, 1.807) is 0 Å². The molecule has 0 aliphatic carbocycles. The van der Waals surface area contributed by atoms with Crippen LogP contribution in [0.3, 0.4) is 0 Å². The van der Waals surface area contributed by atoms with Crippen molar-refractivity contribution in [2.75, 3.05) is 7.05 Å². The maximum atomic E-state index is 5.81. The lowest BCUT2D eigenvalue weighted by atomic mass is 10.2. The van der Waals surface area contributed by atoms with E-state index >= 15 is 0 Å². The largest absolute Gasteiger partial charge is 0.379 e. The van der Waals surface area contributed by atoms with Gasteiger partial charge in [0.2, 0.25) is 0 Å². The Balaban J connectivity index is 4.10. The van der Waals surface area contributed by atoms with Crippen LogP contribution in [-0.4, -0.2) is 17.3 Å². The fourth-order valence-electron chi connectivity index (χ4n) is 0.451. The van der Waals surface area contributed by atoms with Crippen LogP contribution >= 0.6 is 11.6 Å². The topological polar surface area (TPSA) is 12.0 Å². The second kappa shape index (κ2) is 3.96. The maximum Gasteiger partial charge on any atom is 0.0960 e. The van der Waals surface area contributed by atoms with Crippen molar-refractivity contribution in [2.24, 2.45) is 5.92 Å². The van der Waals surface area contributed by atoms with Crippen molar-refractivity contribution < 1.29 is 0 Å². The van der Waals surface area contributed by atoms with Gasteiger partial charge in [0.15, 0.2) is 0 Å². The standard InChI is InChI=1S/C6H14ClNSi/c1-4(2)5(9)6(7)8-3/h4,8H,1-3,9H3. The summed E-state index contributed by atoms with van der Waals surface area (Å²) in [4.78, 5) is 0. The maximum absolute atomic E-state index is 5.81. The summed E-state index contributed by atoms with van der Waals surface area (Å²) >= 11 is 5.81. The molecule has 0 aliphatic rings. The molecule has 54 valence electrons. The van der Waals surface area contributed by atoms with E-state index < -0.39 is 0 Å². The van der Waals surface area contributed by atoms with Crippen molar-refractivity contribution >= 4 is 21.8 Å². The molecule has 0 radical (unpaired) electrons. The van der Waals surface area contributed by atoms with Crippen LogP contribution < -0.4 is 5.32 Å². The van der Waals surface area contributed by atoms with Crippen molar-refractivity contribution in [2.45, 2.75) is 13.8 Å². The van der Waals surface area contributed by atoms with Gasteiger partial charge in [-0.1, -0.05) is 30.6 Å². The highest BCUT2D eigenvalue weighted by molar-refractivity contribution is 6.35. The van der Waals surface area contributed by atoms with Gasteiger partial charge in [-0.25, -0.2) is 0 Å². The molecule has 0 spiro atoms. The quantitative estimate of drug-likeness (QED) is 0.466. The van der Waals surface area contributed by atoms with E-state index in [-0.39, 0.29) is 0 Å². The predicted octanol–water partition coefficient (Wildman–Crippen LogP) is 0.635. The number of hydrogen-bond donors (Lipinski definition) is 1.